The Kier molecular flexibility index (Phi) is 5.24. The maximum absolute atomic E-state index is 8.49. The number of rotatable bonds is 2. The van der Waals surface area contributed by atoms with Crippen molar-refractivity contribution >= 4 is 5.71 Å². The lowest BCUT2D eigenvalue weighted by atomic mass is 9.61. The third-order valence-corrected chi connectivity index (χ3v) is 7.74. The monoisotopic (exact) mass is 501 g/mol. The van der Waals surface area contributed by atoms with E-state index in [1.54, 1.807) is 14.2 Å². The molecule has 0 N–H and O–H groups in total. The van der Waals surface area contributed by atoms with E-state index in [4.69, 9.17) is 37.6 Å². The first kappa shape index (κ1) is 22.6. The van der Waals surface area contributed by atoms with E-state index < -0.39 is 10.2 Å². The number of allylic oxidation sites excluding steroid dienone is 2. The predicted octanol–water partition coefficient (Wildman–Crippen LogP) is -0.921. The summed E-state index contributed by atoms with van der Waals surface area (Å²) in [5.41, 5.74) is 6.88. The van der Waals surface area contributed by atoms with E-state index in [0.29, 0.717) is 30.6 Å². The second kappa shape index (κ2) is 8.11. The number of fused-ring (bicyclic) bond motifs is 2. The number of ether oxygens (including phenoxy) is 4. The average Bonchev–Trinajstić information content (AvgIpc) is 3.49. The van der Waals surface area contributed by atoms with Crippen LogP contribution in [0.25, 0.3) is 0 Å². The van der Waals surface area contributed by atoms with Crippen LogP contribution >= 0.6 is 0 Å². The molecule has 8 rings (SSSR count). The van der Waals surface area contributed by atoms with Gasteiger partial charge in [-0.15, -0.1) is 10.2 Å². The molecule has 2 aliphatic carbocycles. The Morgan fingerprint density at radius 2 is 1.77 bits per heavy atom. The van der Waals surface area contributed by atoms with Gasteiger partial charge in [0.15, 0.2) is 34.8 Å². The molecule has 4 unspecified atom stereocenters. The van der Waals surface area contributed by atoms with Crippen molar-refractivity contribution in [2.75, 3.05) is 27.6 Å². The molecular formula is C25H24ClNO8. The highest BCUT2D eigenvalue weighted by atomic mass is 35.7. The fourth-order valence-electron chi connectivity index (χ4n) is 6.65. The van der Waals surface area contributed by atoms with Crippen LogP contribution in [0.3, 0.4) is 0 Å². The largest absolute Gasteiger partial charge is 0.493 e. The van der Waals surface area contributed by atoms with Crippen LogP contribution in [0.2, 0.25) is 0 Å². The van der Waals surface area contributed by atoms with Gasteiger partial charge in [-0.2, -0.15) is 0 Å². The maximum atomic E-state index is 8.49. The Morgan fingerprint density at radius 3 is 2.49 bits per heavy atom. The van der Waals surface area contributed by atoms with Crippen LogP contribution < -0.4 is 37.6 Å². The Bertz CT molecular complexity index is 1260. The highest BCUT2D eigenvalue weighted by Crippen LogP contribution is 2.60. The molecule has 2 aromatic carbocycles. The predicted molar refractivity (Wildman–Crippen MR) is 111 cm³/mol. The van der Waals surface area contributed by atoms with Crippen LogP contribution in [0, 0.1) is 22.1 Å². The van der Waals surface area contributed by atoms with Crippen molar-refractivity contribution in [3.63, 3.8) is 0 Å². The smallest absolute Gasteiger partial charge is 0.231 e. The zero-order valence-corrected chi connectivity index (χ0v) is 19.9. The summed E-state index contributed by atoms with van der Waals surface area (Å²) in [7, 11) is -1.45. The van der Waals surface area contributed by atoms with Gasteiger partial charge in [-0.05, 0) is 35.7 Å². The zero-order chi connectivity index (χ0) is 24.5. The SMILES string of the molecule is COc1ccc2c(c1OC)C1C3CC=CC3C2C2=[N+]1CCc1cc3c(cc12)OCO3.[O-][Cl+3]([O-])([O-])[O-]. The van der Waals surface area contributed by atoms with Gasteiger partial charge >= 0.3 is 0 Å². The van der Waals surface area contributed by atoms with Crippen LogP contribution in [0.15, 0.2) is 36.4 Å². The summed E-state index contributed by atoms with van der Waals surface area (Å²) < 4.78 is 59.6. The minimum absolute atomic E-state index is 0.309. The molecule has 0 spiro atoms. The van der Waals surface area contributed by atoms with Gasteiger partial charge in [0.1, 0.15) is 6.54 Å². The molecule has 6 aliphatic rings. The topological polar surface area (TPSA) is 132 Å². The summed E-state index contributed by atoms with van der Waals surface area (Å²) in [6.07, 6.45) is 6.98. The Labute approximate surface area is 204 Å². The summed E-state index contributed by atoms with van der Waals surface area (Å²) in [4.78, 5) is 0. The lowest BCUT2D eigenvalue weighted by Gasteiger charge is -2.46. The molecule has 0 saturated carbocycles. The molecule has 4 aliphatic heterocycles. The molecule has 184 valence electrons. The van der Waals surface area contributed by atoms with E-state index in [1.807, 2.05) is 0 Å². The summed E-state index contributed by atoms with van der Waals surface area (Å²) in [6, 6.07) is 9.06. The molecule has 2 aromatic rings. The van der Waals surface area contributed by atoms with Crippen LogP contribution in [0.5, 0.6) is 23.0 Å². The fourth-order valence-corrected chi connectivity index (χ4v) is 6.65. The van der Waals surface area contributed by atoms with Crippen molar-refractivity contribution in [3.05, 3.63) is 58.7 Å². The Hall–Kier alpha value is -2.82. The molecule has 0 amide bonds. The molecule has 35 heavy (non-hydrogen) atoms. The van der Waals surface area contributed by atoms with E-state index in [-0.39, 0.29) is 0 Å². The summed E-state index contributed by atoms with van der Waals surface area (Å²) in [6.45, 7) is 1.34. The van der Waals surface area contributed by atoms with Gasteiger partial charge in [0.05, 0.1) is 25.7 Å². The van der Waals surface area contributed by atoms with E-state index in [1.165, 1.54) is 28.0 Å². The van der Waals surface area contributed by atoms with Crippen LogP contribution in [0.4, 0.5) is 0 Å². The first-order valence-electron chi connectivity index (χ1n) is 11.4. The minimum Gasteiger partial charge on any atom is -0.493 e. The second-order valence-corrected chi connectivity index (χ2v) is 9.96. The number of benzene rings is 2. The van der Waals surface area contributed by atoms with Crippen LogP contribution in [-0.4, -0.2) is 37.8 Å². The second-order valence-electron chi connectivity index (χ2n) is 9.20. The normalized spacial score (nSPS) is 26.3. The van der Waals surface area contributed by atoms with Crippen molar-refractivity contribution in [1.29, 1.82) is 0 Å². The minimum atomic E-state index is -4.94. The molecule has 10 heteroatoms. The highest BCUT2D eigenvalue weighted by Gasteiger charge is 2.59. The molecule has 0 fully saturated rings. The van der Waals surface area contributed by atoms with E-state index >= 15 is 0 Å². The third kappa shape index (κ3) is 3.49. The van der Waals surface area contributed by atoms with Gasteiger partial charge in [0, 0.05) is 23.8 Å². The Balaban J connectivity index is 0.000000419. The van der Waals surface area contributed by atoms with Crippen molar-refractivity contribution in [3.8, 4) is 23.0 Å². The zero-order valence-electron chi connectivity index (χ0n) is 19.2. The molecule has 0 aromatic heterocycles. The van der Waals surface area contributed by atoms with Crippen molar-refractivity contribution in [2.45, 2.75) is 24.8 Å². The highest BCUT2D eigenvalue weighted by molar-refractivity contribution is 6.06. The van der Waals surface area contributed by atoms with Crippen LogP contribution in [0.1, 0.15) is 40.6 Å². The lowest BCUT2D eigenvalue weighted by Crippen LogP contribution is -2.68. The standard InChI is InChI=1S/C25H24NO4.ClHO4/c1-27-18-7-6-16-21-14-4-3-5-15(14)23(22(16)25(18)28-2)26-9-8-13-10-19-20(30-12-29-19)11-17(13)24(21)26;2-1(3,4)5/h3-4,6-7,10-11,14-15,21,23H,5,8-9,12H2,1-2H3;(H,2,3,4,5)/q+1;/p-1. The molecule has 4 heterocycles. The van der Waals surface area contributed by atoms with Crippen LogP contribution in [-0.2, 0) is 6.42 Å². The number of hydrogen-bond acceptors (Lipinski definition) is 8. The number of hydrogen-bond donors (Lipinski definition) is 0. The number of nitrogens with zero attached hydrogens (tertiary/aromatic N) is 1. The Morgan fingerprint density at radius 1 is 1.03 bits per heavy atom. The molecule has 9 nitrogen and oxygen atoms in total. The number of methoxy groups -OCH3 is 2. The molecular weight excluding hydrogens is 478 g/mol. The molecule has 0 saturated heterocycles. The van der Waals surface area contributed by atoms with Gasteiger partial charge in [-0.25, -0.2) is 23.2 Å². The lowest BCUT2D eigenvalue weighted by molar-refractivity contribution is -2.00. The van der Waals surface area contributed by atoms with E-state index in [9.17, 15) is 0 Å². The van der Waals surface area contributed by atoms with E-state index in [2.05, 4.69) is 41.0 Å². The summed E-state index contributed by atoms with van der Waals surface area (Å²) >= 11 is 0. The molecule has 0 radical (unpaired) electrons. The summed E-state index contributed by atoms with van der Waals surface area (Å²) in [5.74, 6) is 4.93. The van der Waals surface area contributed by atoms with Gasteiger partial charge in [0.25, 0.3) is 0 Å². The number of halogens is 1. The van der Waals surface area contributed by atoms with Gasteiger partial charge in [0.2, 0.25) is 6.79 Å². The average molecular weight is 502 g/mol. The first-order chi connectivity index (χ1) is 16.8. The fraction of sp³-hybridized carbons (Fsp3) is 0.400. The molecule has 4 atom stereocenters. The van der Waals surface area contributed by atoms with Gasteiger partial charge in [-0.3, -0.25) is 0 Å². The van der Waals surface area contributed by atoms with Gasteiger partial charge in [-0.1, -0.05) is 18.2 Å². The third-order valence-electron chi connectivity index (χ3n) is 7.74. The summed E-state index contributed by atoms with van der Waals surface area (Å²) in [5, 5.41) is 0. The van der Waals surface area contributed by atoms with Crippen molar-refractivity contribution in [1.82, 2.24) is 0 Å². The van der Waals surface area contributed by atoms with Crippen molar-refractivity contribution < 1.29 is 52.4 Å². The van der Waals surface area contributed by atoms with E-state index in [0.717, 1.165) is 42.4 Å². The maximum Gasteiger partial charge on any atom is 0.231 e. The molecule has 2 bridgehead atoms. The van der Waals surface area contributed by atoms with Crippen molar-refractivity contribution in [2.24, 2.45) is 11.8 Å². The quantitative estimate of drug-likeness (QED) is 0.381. The first-order valence-corrected chi connectivity index (χ1v) is 12.6. The van der Waals surface area contributed by atoms with Gasteiger partial charge < -0.3 is 18.9 Å².